The van der Waals surface area contributed by atoms with Crippen LogP contribution in [0.25, 0.3) is 6.08 Å². The Kier molecular flexibility index (Phi) is 5.64. The highest BCUT2D eigenvalue weighted by Crippen LogP contribution is 2.10. The van der Waals surface area contributed by atoms with Crippen molar-refractivity contribution in [3.8, 4) is 0 Å². The van der Waals surface area contributed by atoms with E-state index in [4.69, 9.17) is 9.47 Å². The van der Waals surface area contributed by atoms with Crippen molar-refractivity contribution in [2.24, 2.45) is 0 Å². The van der Waals surface area contributed by atoms with Crippen molar-refractivity contribution in [3.05, 3.63) is 41.7 Å². The predicted octanol–water partition coefficient (Wildman–Crippen LogP) is 2.54. The highest BCUT2D eigenvalue weighted by atomic mass is 16.6. The van der Waals surface area contributed by atoms with Crippen LogP contribution in [0.4, 0.5) is 0 Å². The number of ether oxygens (including phenoxy) is 2. The Bertz CT molecular complexity index is 434. The van der Waals surface area contributed by atoms with Crippen LogP contribution in [0.5, 0.6) is 0 Å². The summed E-state index contributed by atoms with van der Waals surface area (Å²) in [7, 11) is 0. The molecule has 1 rings (SSSR count). The highest BCUT2D eigenvalue weighted by Gasteiger charge is 2.14. The Hall–Kier alpha value is -2.10. The fraction of sp³-hybridized carbons (Fsp3) is 0.286. The summed E-state index contributed by atoms with van der Waals surface area (Å²) in [6.45, 7) is 3.43. The molecule has 0 aromatic heterocycles. The number of benzene rings is 1. The summed E-state index contributed by atoms with van der Waals surface area (Å²) in [5.74, 6) is -1.27. The summed E-state index contributed by atoms with van der Waals surface area (Å²) in [6.07, 6.45) is 2.20. The van der Waals surface area contributed by atoms with Gasteiger partial charge in [0, 0.05) is 6.92 Å². The molecular formula is C14H16O4. The standard InChI is InChI=1S/C14H16O4/c1-3-9-17-14(16)13(18-11(2)15)10-12-7-5-4-6-8-12/h4-8,10H,3,9H2,1-2H3. The maximum atomic E-state index is 11.7. The largest absolute Gasteiger partial charge is 0.460 e. The quantitative estimate of drug-likeness (QED) is 0.456. The second-order valence-electron chi connectivity index (χ2n) is 3.65. The topological polar surface area (TPSA) is 52.6 Å². The first-order chi connectivity index (χ1) is 8.63. The molecular weight excluding hydrogens is 232 g/mol. The van der Waals surface area contributed by atoms with Gasteiger partial charge in [0.05, 0.1) is 6.61 Å². The molecule has 0 N–H and O–H groups in total. The Morgan fingerprint density at radius 1 is 1.22 bits per heavy atom. The van der Waals surface area contributed by atoms with Crippen LogP contribution < -0.4 is 0 Å². The normalized spacial score (nSPS) is 10.9. The summed E-state index contributed by atoms with van der Waals surface area (Å²) in [6, 6.07) is 9.12. The molecule has 0 fully saturated rings. The monoisotopic (exact) mass is 248 g/mol. The van der Waals surface area contributed by atoms with E-state index in [9.17, 15) is 9.59 Å². The first-order valence-electron chi connectivity index (χ1n) is 5.75. The van der Waals surface area contributed by atoms with Crippen molar-refractivity contribution in [1.82, 2.24) is 0 Å². The zero-order valence-corrected chi connectivity index (χ0v) is 10.5. The van der Waals surface area contributed by atoms with Gasteiger partial charge in [0.15, 0.2) is 0 Å². The molecule has 0 atom stereocenters. The van der Waals surface area contributed by atoms with E-state index in [1.165, 1.54) is 13.0 Å². The van der Waals surface area contributed by atoms with Crippen LogP contribution in [0.1, 0.15) is 25.8 Å². The van der Waals surface area contributed by atoms with Gasteiger partial charge in [0.1, 0.15) is 0 Å². The molecule has 0 unspecified atom stereocenters. The Morgan fingerprint density at radius 2 is 1.89 bits per heavy atom. The first kappa shape index (κ1) is 14.0. The number of hydrogen-bond acceptors (Lipinski definition) is 4. The molecule has 1 aromatic carbocycles. The van der Waals surface area contributed by atoms with Gasteiger partial charge in [-0.2, -0.15) is 0 Å². The van der Waals surface area contributed by atoms with E-state index in [1.54, 1.807) is 12.1 Å². The molecule has 4 nitrogen and oxygen atoms in total. The molecule has 0 radical (unpaired) electrons. The van der Waals surface area contributed by atoms with Crippen molar-refractivity contribution in [2.75, 3.05) is 6.61 Å². The van der Waals surface area contributed by atoms with E-state index in [0.29, 0.717) is 13.0 Å². The van der Waals surface area contributed by atoms with Crippen LogP contribution in [0.2, 0.25) is 0 Å². The Morgan fingerprint density at radius 3 is 2.44 bits per heavy atom. The summed E-state index contributed by atoms with van der Waals surface area (Å²) in [4.78, 5) is 22.6. The summed E-state index contributed by atoms with van der Waals surface area (Å²) in [5.41, 5.74) is 0.766. The van der Waals surface area contributed by atoms with Crippen molar-refractivity contribution in [3.63, 3.8) is 0 Å². The van der Waals surface area contributed by atoms with E-state index in [1.807, 2.05) is 25.1 Å². The van der Waals surface area contributed by atoms with E-state index in [-0.39, 0.29) is 5.76 Å². The highest BCUT2D eigenvalue weighted by molar-refractivity contribution is 5.93. The van der Waals surface area contributed by atoms with Gasteiger partial charge in [0.2, 0.25) is 5.76 Å². The fourth-order valence-corrected chi connectivity index (χ4v) is 1.25. The lowest BCUT2D eigenvalue weighted by Crippen LogP contribution is -2.13. The lowest BCUT2D eigenvalue weighted by atomic mass is 10.2. The molecule has 0 aliphatic carbocycles. The summed E-state index contributed by atoms with van der Waals surface area (Å²) in [5, 5.41) is 0. The first-order valence-corrected chi connectivity index (χ1v) is 5.75. The molecule has 0 spiro atoms. The van der Waals surface area contributed by atoms with Gasteiger partial charge in [-0.15, -0.1) is 0 Å². The predicted molar refractivity (Wildman–Crippen MR) is 67.4 cm³/mol. The van der Waals surface area contributed by atoms with Crippen LogP contribution >= 0.6 is 0 Å². The van der Waals surface area contributed by atoms with Crippen molar-refractivity contribution in [2.45, 2.75) is 20.3 Å². The number of rotatable bonds is 5. The average molecular weight is 248 g/mol. The Balaban J connectivity index is 2.87. The number of carbonyl (C=O) groups is 2. The number of carbonyl (C=O) groups excluding carboxylic acids is 2. The maximum absolute atomic E-state index is 11.7. The molecule has 4 heteroatoms. The lowest BCUT2D eigenvalue weighted by molar-refractivity contribution is -0.150. The molecule has 0 bridgehead atoms. The van der Waals surface area contributed by atoms with Crippen LogP contribution in [-0.2, 0) is 19.1 Å². The SMILES string of the molecule is CCCOC(=O)C(=Cc1ccccc1)OC(C)=O. The van der Waals surface area contributed by atoms with Crippen LogP contribution in [0.15, 0.2) is 36.1 Å². The summed E-state index contributed by atoms with van der Waals surface area (Å²) < 4.78 is 9.80. The van der Waals surface area contributed by atoms with Gasteiger partial charge in [0.25, 0.3) is 0 Å². The average Bonchev–Trinajstić information content (AvgIpc) is 2.36. The van der Waals surface area contributed by atoms with Gasteiger partial charge in [-0.1, -0.05) is 37.3 Å². The molecule has 1 aromatic rings. The van der Waals surface area contributed by atoms with Crippen LogP contribution in [0, 0.1) is 0 Å². The van der Waals surface area contributed by atoms with Gasteiger partial charge in [-0.05, 0) is 18.1 Å². The van der Waals surface area contributed by atoms with Crippen LogP contribution in [-0.4, -0.2) is 18.5 Å². The molecule has 0 heterocycles. The molecule has 96 valence electrons. The minimum Gasteiger partial charge on any atom is -0.460 e. The zero-order chi connectivity index (χ0) is 13.4. The Labute approximate surface area is 106 Å². The summed E-state index contributed by atoms with van der Waals surface area (Å²) >= 11 is 0. The third-order valence-electron chi connectivity index (χ3n) is 1.99. The lowest BCUT2D eigenvalue weighted by Gasteiger charge is -2.07. The smallest absolute Gasteiger partial charge is 0.374 e. The van der Waals surface area contributed by atoms with Gasteiger partial charge < -0.3 is 9.47 Å². The molecule has 0 amide bonds. The van der Waals surface area contributed by atoms with E-state index < -0.39 is 11.9 Å². The van der Waals surface area contributed by atoms with Crippen molar-refractivity contribution < 1.29 is 19.1 Å². The van der Waals surface area contributed by atoms with Crippen LogP contribution in [0.3, 0.4) is 0 Å². The number of esters is 2. The third kappa shape index (κ3) is 4.82. The van der Waals surface area contributed by atoms with Gasteiger partial charge in [-0.3, -0.25) is 4.79 Å². The molecule has 0 saturated heterocycles. The van der Waals surface area contributed by atoms with E-state index in [0.717, 1.165) is 5.56 Å². The van der Waals surface area contributed by atoms with Gasteiger partial charge in [-0.25, -0.2) is 4.79 Å². The minimum atomic E-state index is -0.629. The fourth-order valence-electron chi connectivity index (χ4n) is 1.25. The second kappa shape index (κ2) is 7.27. The molecule has 18 heavy (non-hydrogen) atoms. The second-order valence-corrected chi connectivity index (χ2v) is 3.65. The molecule has 0 aliphatic heterocycles. The van der Waals surface area contributed by atoms with Crippen molar-refractivity contribution >= 4 is 18.0 Å². The van der Waals surface area contributed by atoms with Gasteiger partial charge >= 0.3 is 11.9 Å². The van der Waals surface area contributed by atoms with E-state index in [2.05, 4.69) is 0 Å². The van der Waals surface area contributed by atoms with Crippen molar-refractivity contribution in [1.29, 1.82) is 0 Å². The third-order valence-corrected chi connectivity index (χ3v) is 1.99. The molecule has 0 saturated carbocycles. The zero-order valence-electron chi connectivity index (χ0n) is 10.5. The number of hydrogen-bond donors (Lipinski definition) is 0. The maximum Gasteiger partial charge on any atom is 0.374 e. The minimum absolute atomic E-state index is 0.0952. The van der Waals surface area contributed by atoms with E-state index >= 15 is 0 Å². The molecule has 0 aliphatic rings.